The normalized spacial score (nSPS) is 13.8. The lowest BCUT2D eigenvalue weighted by Gasteiger charge is -2.30. The Labute approximate surface area is 176 Å². The van der Waals surface area contributed by atoms with E-state index in [1.165, 1.54) is 0 Å². The smallest absolute Gasteiger partial charge is 0.224 e. The van der Waals surface area contributed by atoms with Crippen molar-refractivity contribution in [1.29, 1.82) is 0 Å². The Morgan fingerprint density at radius 1 is 1.24 bits per heavy atom. The topological polar surface area (TPSA) is 71.7 Å². The number of hydrogen-bond acceptors (Lipinski definition) is 3. The lowest BCUT2D eigenvalue weighted by molar-refractivity contribution is -0.132. The molecule has 0 aliphatic carbocycles. The quantitative estimate of drug-likeness (QED) is 0.534. The molecule has 0 bridgehead atoms. The molecule has 3 aromatic heterocycles. The van der Waals surface area contributed by atoms with Crippen LogP contribution < -0.4 is 0 Å². The Kier molecular flexibility index (Phi) is 4.56. The van der Waals surface area contributed by atoms with Gasteiger partial charge >= 0.3 is 0 Å². The van der Waals surface area contributed by atoms with Gasteiger partial charge < -0.3 is 14.0 Å². The van der Waals surface area contributed by atoms with E-state index in [4.69, 9.17) is 23.2 Å². The third-order valence-electron chi connectivity index (χ3n) is 5.44. The van der Waals surface area contributed by atoms with Crippen LogP contribution in [0.5, 0.6) is 0 Å². The second-order valence-electron chi connectivity index (χ2n) is 7.08. The Hall–Kier alpha value is -2.77. The minimum Gasteiger partial charge on any atom is -0.339 e. The van der Waals surface area contributed by atoms with E-state index in [1.54, 1.807) is 18.7 Å². The van der Waals surface area contributed by atoms with Crippen molar-refractivity contribution in [2.24, 2.45) is 0 Å². The van der Waals surface area contributed by atoms with Crippen LogP contribution in [0.3, 0.4) is 0 Å². The van der Waals surface area contributed by atoms with E-state index in [2.05, 4.69) is 19.7 Å². The molecule has 1 amide bonds. The highest BCUT2D eigenvalue weighted by atomic mass is 35.5. The molecule has 29 heavy (non-hydrogen) atoms. The summed E-state index contributed by atoms with van der Waals surface area (Å²) in [5.41, 5.74) is 3.97. The molecule has 0 saturated carbocycles. The van der Waals surface area contributed by atoms with E-state index in [9.17, 15) is 4.79 Å². The molecule has 0 saturated heterocycles. The van der Waals surface area contributed by atoms with E-state index >= 15 is 0 Å². The number of fused-ring (bicyclic) bond motifs is 3. The molecule has 4 heterocycles. The fraction of sp³-hybridized carbons (Fsp3) is 0.250. The van der Waals surface area contributed by atoms with Gasteiger partial charge in [-0.1, -0.05) is 29.3 Å². The summed E-state index contributed by atoms with van der Waals surface area (Å²) in [6.45, 7) is 2.44. The van der Waals surface area contributed by atoms with Crippen molar-refractivity contribution in [1.82, 2.24) is 29.2 Å². The molecule has 1 aromatic carbocycles. The molecule has 5 rings (SSSR count). The number of nitrogens with zero attached hydrogens (tertiary/aromatic N) is 5. The summed E-state index contributed by atoms with van der Waals surface area (Å²) in [5, 5.41) is 9.07. The van der Waals surface area contributed by atoms with Gasteiger partial charge in [0.15, 0.2) is 0 Å². The van der Waals surface area contributed by atoms with E-state index in [1.807, 2.05) is 34.0 Å². The van der Waals surface area contributed by atoms with Crippen LogP contribution in [0, 0.1) is 0 Å². The van der Waals surface area contributed by atoms with Crippen molar-refractivity contribution in [2.75, 3.05) is 6.54 Å². The van der Waals surface area contributed by atoms with E-state index < -0.39 is 0 Å². The van der Waals surface area contributed by atoms with Crippen LogP contribution in [0.1, 0.15) is 12.1 Å². The van der Waals surface area contributed by atoms with Crippen molar-refractivity contribution in [2.45, 2.75) is 26.1 Å². The zero-order valence-corrected chi connectivity index (χ0v) is 17.0. The first kappa shape index (κ1) is 18.3. The molecule has 0 atom stereocenters. The Morgan fingerprint density at radius 3 is 2.90 bits per heavy atom. The molecule has 148 valence electrons. The number of halogens is 2. The number of carbonyl (C=O) groups is 1. The summed E-state index contributed by atoms with van der Waals surface area (Å²) in [5.74, 6) is 0.123. The summed E-state index contributed by atoms with van der Waals surface area (Å²) < 4.78 is 4.10. The van der Waals surface area contributed by atoms with Gasteiger partial charge in [0, 0.05) is 66.9 Å². The second kappa shape index (κ2) is 7.24. The fourth-order valence-corrected chi connectivity index (χ4v) is 4.47. The van der Waals surface area contributed by atoms with Crippen LogP contribution in [0.15, 0.2) is 43.2 Å². The number of aromatic nitrogens is 5. The molecule has 7 nitrogen and oxygen atoms in total. The maximum absolute atomic E-state index is 12.9. The van der Waals surface area contributed by atoms with E-state index in [0.29, 0.717) is 42.6 Å². The van der Waals surface area contributed by atoms with Gasteiger partial charge in [-0.3, -0.25) is 9.89 Å². The molecule has 4 aromatic rings. The maximum atomic E-state index is 12.9. The van der Waals surface area contributed by atoms with Crippen LogP contribution in [0.25, 0.3) is 22.0 Å². The third kappa shape index (κ3) is 3.10. The van der Waals surface area contributed by atoms with Gasteiger partial charge in [0.25, 0.3) is 0 Å². The average Bonchev–Trinajstić information content (AvgIpc) is 3.48. The largest absolute Gasteiger partial charge is 0.339 e. The number of hydrogen-bond donors (Lipinski definition) is 1. The van der Waals surface area contributed by atoms with Crippen LogP contribution in [0.2, 0.25) is 10.0 Å². The number of carbonyl (C=O) groups excluding carboxylic acids is 1. The first-order valence-corrected chi connectivity index (χ1v) is 10.1. The van der Waals surface area contributed by atoms with Gasteiger partial charge in [0.1, 0.15) is 0 Å². The molecular weight excluding hydrogens is 411 g/mol. The Morgan fingerprint density at radius 2 is 2.14 bits per heavy atom. The molecule has 1 aliphatic rings. The van der Waals surface area contributed by atoms with Crippen molar-refractivity contribution in [3.05, 3.63) is 59.0 Å². The molecule has 9 heteroatoms. The summed E-state index contributed by atoms with van der Waals surface area (Å²) in [6.07, 6.45) is 9.39. The molecule has 0 spiro atoms. The van der Waals surface area contributed by atoms with Crippen molar-refractivity contribution in [3.8, 4) is 11.1 Å². The highest BCUT2D eigenvalue weighted by molar-refractivity contribution is 6.45. The zero-order valence-electron chi connectivity index (χ0n) is 15.5. The number of benzene rings is 1. The van der Waals surface area contributed by atoms with Crippen molar-refractivity contribution in [3.63, 3.8) is 0 Å². The van der Waals surface area contributed by atoms with Crippen LogP contribution in [-0.2, 0) is 24.4 Å². The van der Waals surface area contributed by atoms with Crippen molar-refractivity contribution >= 4 is 40.0 Å². The standard InChI is InChI=1S/C20H18Cl2N6O/c21-15-2-1-14-18(13-9-24-25-10-13)16-11-27(7-8-28(16)20(14)19(15)22)17(29)3-5-26-6-4-23-12-26/h1-2,4,6,9-10,12H,3,5,7-8,11H2,(H,24,25). The summed E-state index contributed by atoms with van der Waals surface area (Å²) >= 11 is 12.9. The minimum atomic E-state index is 0.123. The predicted octanol–water partition coefficient (Wildman–Crippen LogP) is 3.97. The highest BCUT2D eigenvalue weighted by Crippen LogP contribution is 2.42. The van der Waals surface area contributed by atoms with E-state index in [0.717, 1.165) is 27.7 Å². The summed E-state index contributed by atoms with van der Waals surface area (Å²) in [4.78, 5) is 18.8. The van der Waals surface area contributed by atoms with Gasteiger partial charge in [-0.05, 0) is 6.07 Å². The number of H-pyrrole nitrogens is 1. The number of aromatic amines is 1. The summed E-state index contributed by atoms with van der Waals surface area (Å²) in [6, 6.07) is 3.80. The predicted molar refractivity (Wildman–Crippen MR) is 112 cm³/mol. The van der Waals surface area contributed by atoms with Gasteiger partial charge in [-0.15, -0.1) is 0 Å². The molecule has 1 N–H and O–H groups in total. The zero-order chi connectivity index (χ0) is 20.0. The molecule has 1 aliphatic heterocycles. The SMILES string of the molecule is O=C(CCn1ccnc1)N1CCn2c(c(-c3cn[nH]c3)c3ccc(Cl)c(Cl)c32)C1. The Balaban J connectivity index is 1.52. The number of nitrogens with one attached hydrogen (secondary N) is 1. The molecule has 0 fully saturated rings. The van der Waals surface area contributed by atoms with Gasteiger partial charge in [-0.2, -0.15) is 5.10 Å². The summed E-state index contributed by atoms with van der Waals surface area (Å²) in [7, 11) is 0. The Bertz CT molecular complexity index is 1180. The molecule has 0 unspecified atom stereocenters. The number of imidazole rings is 1. The van der Waals surface area contributed by atoms with Crippen LogP contribution in [-0.4, -0.2) is 41.7 Å². The first-order chi connectivity index (χ1) is 14.1. The monoisotopic (exact) mass is 428 g/mol. The third-order valence-corrected chi connectivity index (χ3v) is 6.23. The van der Waals surface area contributed by atoms with Crippen LogP contribution >= 0.6 is 23.2 Å². The number of rotatable bonds is 4. The van der Waals surface area contributed by atoms with Gasteiger partial charge in [0.05, 0.1) is 34.6 Å². The maximum Gasteiger partial charge on any atom is 0.224 e. The average molecular weight is 429 g/mol. The fourth-order valence-electron chi connectivity index (χ4n) is 4.05. The number of aryl methyl sites for hydroxylation is 1. The molecular formula is C20H18Cl2N6O. The van der Waals surface area contributed by atoms with Gasteiger partial charge in [0.2, 0.25) is 5.91 Å². The molecule has 0 radical (unpaired) electrons. The van der Waals surface area contributed by atoms with Gasteiger partial charge in [-0.25, -0.2) is 4.98 Å². The van der Waals surface area contributed by atoms with E-state index in [-0.39, 0.29) is 5.91 Å². The minimum absolute atomic E-state index is 0.123. The number of amides is 1. The second-order valence-corrected chi connectivity index (χ2v) is 7.87. The first-order valence-electron chi connectivity index (χ1n) is 9.35. The van der Waals surface area contributed by atoms with Crippen LogP contribution in [0.4, 0.5) is 0 Å². The lowest BCUT2D eigenvalue weighted by Crippen LogP contribution is -2.38. The van der Waals surface area contributed by atoms with Crippen molar-refractivity contribution < 1.29 is 4.79 Å². The highest BCUT2D eigenvalue weighted by Gasteiger charge is 2.28. The lowest BCUT2D eigenvalue weighted by atomic mass is 10.0.